The van der Waals surface area contributed by atoms with E-state index in [9.17, 15) is 9.59 Å². The number of hydrogen-bond acceptors (Lipinski definition) is 3. The fourth-order valence-electron chi connectivity index (χ4n) is 4.73. The van der Waals surface area contributed by atoms with Gasteiger partial charge in [-0.05, 0) is 48.9 Å². The van der Waals surface area contributed by atoms with E-state index >= 15 is 0 Å². The molecule has 2 aromatic heterocycles. The lowest BCUT2D eigenvalue weighted by Crippen LogP contribution is -2.64. The fraction of sp³-hybridized carbons (Fsp3) is 0.391. The van der Waals surface area contributed by atoms with Gasteiger partial charge in [-0.15, -0.1) is 11.3 Å². The van der Waals surface area contributed by atoms with E-state index in [1.165, 1.54) is 0 Å². The first-order valence-electron chi connectivity index (χ1n) is 10.4. The van der Waals surface area contributed by atoms with E-state index < -0.39 is 5.54 Å². The zero-order valence-electron chi connectivity index (χ0n) is 16.9. The molecule has 2 aliphatic rings. The second-order valence-corrected chi connectivity index (χ2v) is 9.85. The molecule has 3 aromatic rings. The number of aromatic nitrogens is 1. The number of carbonyl (C=O) groups excluding carboxylic acids is 2. The smallest absolute Gasteiger partial charge is 0.271 e. The summed E-state index contributed by atoms with van der Waals surface area (Å²) in [6.07, 6.45) is 4.29. The predicted molar refractivity (Wildman–Crippen MR) is 120 cm³/mol. The summed E-state index contributed by atoms with van der Waals surface area (Å²) in [6, 6.07) is 11.7. The molecule has 0 bridgehead atoms. The Bertz CT molecular complexity index is 1130. The molecule has 1 N–H and O–H groups in total. The third-order valence-electron chi connectivity index (χ3n) is 6.51. The summed E-state index contributed by atoms with van der Waals surface area (Å²) >= 11 is 8.02. The molecule has 156 valence electrons. The van der Waals surface area contributed by atoms with Crippen molar-refractivity contribution in [2.45, 2.75) is 57.3 Å². The SMILES string of the molecule is C[C@]1(C(=O)NC2CCCC2)Cn2c(cc3sccc32)C(=O)N1Cc1ccccc1Cl. The number of hydrogen-bond donors (Lipinski definition) is 1. The van der Waals surface area contributed by atoms with Crippen LogP contribution in [0.3, 0.4) is 0 Å². The summed E-state index contributed by atoms with van der Waals surface area (Å²) in [5, 5.41) is 5.85. The number of thiophene rings is 1. The molecule has 1 atom stereocenters. The fourth-order valence-corrected chi connectivity index (χ4v) is 5.75. The molecule has 5 rings (SSSR count). The molecular weight excluding hydrogens is 418 g/mol. The lowest BCUT2D eigenvalue weighted by Gasteiger charge is -2.44. The Labute approximate surface area is 184 Å². The average molecular weight is 442 g/mol. The maximum absolute atomic E-state index is 13.6. The topological polar surface area (TPSA) is 54.3 Å². The molecule has 0 radical (unpaired) electrons. The number of nitrogens with one attached hydrogen (secondary N) is 1. The Balaban J connectivity index is 1.57. The van der Waals surface area contributed by atoms with Crippen LogP contribution in [0.1, 0.15) is 48.7 Å². The highest BCUT2D eigenvalue weighted by molar-refractivity contribution is 7.17. The second kappa shape index (κ2) is 7.43. The van der Waals surface area contributed by atoms with Crippen LogP contribution in [0, 0.1) is 0 Å². The molecule has 1 aromatic carbocycles. The third-order valence-corrected chi connectivity index (χ3v) is 7.74. The van der Waals surface area contributed by atoms with Gasteiger partial charge in [0.15, 0.2) is 0 Å². The van der Waals surface area contributed by atoms with Gasteiger partial charge in [-0.1, -0.05) is 42.6 Å². The molecule has 0 unspecified atom stereocenters. The Kier molecular flexibility index (Phi) is 4.86. The standard InChI is InChI=1S/C23H24ClN3O2S/c1-23(22(29)25-16-7-3-4-8-16)14-26-18-10-11-30-20(18)12-19(26)21(28)27(23)13-15-6-2-5-9-17(15)24/h2,5-6,9-12,16H,3-4,7-8,13-14H2,1H3,(H,25,29)/t23-/m1/s1. The van der Waals surface area contributed by atoms with Gasteiger partial charge in [0.2, 0.25) is 5.91 Å². The van der Waals surface area contributed by atoms with Gasteiger partial charge >= 0.3 is 0 Å². The highest BCUT2D eigenvalue weighted by Crippen LogP contribution is 2.36. The first-order chi connectivity index (χ1) is 14.5. The van der Waals surface area contributed by atoms with Crippen molar-refractivity contribution in [1.82, 2.24) is 14.8 Å². The molecule has 1 aliphatic carbocycles. The number of carbonyl (C=O) groups is 2. The van der Waals surface area contributed by atoms with Gasteiger partial charge in [-0.25, -0.2) is 0 Å². The van der Waals surface area contributed by atoms with Crippen molar-refractivity contribution in [1.29, 1.82) is 0 Å². The Morgan fingerprint density at radius 3 is 2.80 bits per heavy atom. The predicted octanol–water partition coefficient (Wildman–Crippen LogP) is 4.83. The second-order valence-electron chi connectivity index (χ2n) is 8.50. The van der Waals surface area contributed by atoms with Crippen LogP contribution in [-0.2, 0) is 17.9 Å². The highest BCUT2D eigenvalue weighted by Gasteiger charge is 2.48. The third kappa shape index (κ3) is 3.13. The van der Waals surface area contributed by atoms with Gasteiger partial charge in [0.1, 0.15) is 11.2 Å². The zero-order chi connectivity index (χ0) is 20.9. The van der Waals surface area contributed by atoms with E-state index in [0.717, 1.165) is 41.5 Å². The van der Waals surface area contributed by atoms with Gasteiger partial charge in [-0.2, -0.15) is 0 Å². The van der Waals surface area contributed by atoms with Crippen molar-refractivity contribution < 1.29 is 9.59 Å². The van der Waals surface area contributed by atoms with Crippen molar-refractivity contribution in [3.05, 3.63) is 58.1 Å². The van der Waals surface area contributed by atoms with Gasteiger partial charge in [-0.3, -0.25) is 9.59 Å². The van der Waals surface area contributed by atoms with E-state index in [0.29, 0.717) is 23.8 Å². The maximum atomic E-state index is 13.6. The number of halogens is 1. The maximum Gasteiger partial charge on any atom is 0.271 e. The lowest BCUT2D eigenvalue weighted by atomic mass is 9.93. The van der Waals surface area contributed by atoms with Gasteiger partial charge < -0.3 is 14.8 Å². The van der Waals surface area contributed by atoms with E-state index in [1.54, 1.807) is 16.2 Å². The van der Waals surface area contributed by atoms with Crippen LogP contribution in [0.4, 0.5) is 0 Å². The van der Waals surface area contributed by atoms with E-state index in [2.05, 4.69) is 5.32 Å². The summed E-state index contributed by atoms with van der Waals surface area (Å²) in [4.78, 5) is 28.9. The molecule has 1 saturated carbocycles. The van der Waals surface area contributed by atoms with Gasteiger partial charge in [0.05, 0.1) is 16.8 Å². The Hall–Kier alpha value is -2.31. The summed E-state index contributed by atoms with van der Waals surface area (Å²) in [7, 11) is 0. The van der Waals surface area contributed by atoms with Crippen molar-refractivity contribution in [2.75, 3.05) is 0 Å². The van der Waals surface area contributed by atoms with Crippen molar-refractivity contribution >= 4 is 45.0 Å². The van der Waals surface area contributed by atoms with Crippen LogP contribution < -0.4 is 5.32 Å². The molecule has 1 fully saturated rings. The van der Waals surface area contributed by atoms with Crippen molar-refractivity contribution in [2.24, 2.45) is 0 Å². The minimum atomic E-state index is -1.00. The minimum absolute atomic E-state index is 0.0856. The molecule has 2 amide bonds. The number of rotatable bonds is 4. The van der Waals surface area contributed by atoms with Crippen LogP contribution in [0.2, 0.25) is 5.02 Å². The number of nitrogens with zero attached hydrogens (tertiary/aromatic N) is 2. The monoisotopic (exact) mass is 441 g/mol. The largest absolute Gasteiger partial charge is 0.351 e. The molecule has 3 heterocycles. The van der Waals surface area contributed by atoms with Crippen LogP contribution in [0.5, 0.6) is 0 Å². The quantitative estimate of drug-likeness (QED) is 0.630. The van der Waals surface area contributed by atoms with Gasteiger partial charge in [0, 0.05) is 17.6 Å². The molecule has 5 nitrogen and oxygen atoms in total. The zero-order valence-corrected chi connectivity index (χ0v) is 18.4. The average Bonchev–Trinajstić information content (AvgIpc) is 3.45. The lowest BCUT2D eigenvalue weighted by molar-refractivity contribution is -0.133. The molecule has 0 saturated heterocycles. The molecule has 30 heavy (non-hydrogen) atoms. The normalized spacial score (nSPS) is 21.9. The molecular formula is C23H24ClN3O2S. The van der Waals surface area contributed by atoms with Crippen LogP contribution in [0.25, 0.3) is 10.2 Å². The number of benzene rings is 1. The van der Waals surface area contributed by atoms with Crippen LogP contribution >= 0.6 is 22.9 Å². The van der Waals surface area contributed by atoms with Gasteiger partial charge in [0.25, 0.3) is 5.91 Å². The Morgan fingerprint density at radius 1 is 1.27 bits per heavy atom. The number of amides is 2. The summed E-state index contributed by atoms with van der Waals surface area (Å²) in [5.74, 6) is -0.217. The van der Waals surface area contributed by atoms with E-state index in [-0.39, 0.29) is 17.9 Å². The first-order valence-corrected chi connectivity index (χ1v) is 11.7. The van der Waals surface area contributed by atoms with Crippen molar-refractivity contribution in [3.8, 4) is 0 Å². The summed E-state index contributed by atoms with van der Waals surface area (Å²) in [6.45, 7) is 2.61. The minimum Gasteiger partial charge on any atom is -0.351 e. The summed E-state index contributed by atoms with van der Waals surface area (Å²) in [5.41, 5.74) is 1.49. The Morgan fingerprint density at radius 2 is 2.03 bits per heavy atom. The molecule has 7 heteroatoms. The van der Waals surface area contributed by atoms with Crippen LogP contribution in [0.15, 0.2) is 41.8 Å². The van der Waals surface area contributed by atoms with E-state index in [1.807, 2.05) is 53.3 Å². The number of fused-ring (bicyclic) bond motifs is 3. The highest BCUT2D eigenvalue weighted by atomic mass is 35.5. The van der Waals surface area contributed by atoms with Crippen LogP contribution in [-0.4, -0.2) is 32.9 Å². The summed E-state index contributed by atoms with van der Waals surface area (Å²) < 4.78 is 3.07. The van der Waals surface area contributed by atoms with E-state index in [4.69, 9.17) is 11.6 Å². The molecule has 1 aliphatic heterocycles. The first kappa shape index (κ1) is 19.6. The molecule has 0 spiro atoms. The van der Waals surface area contributed by atoms with Crippen molar-refractivity contribution in [3.63, 3.8) is 0 Å².